The molecular formula is C24H16N2O6. The zero-order chi connectivity index (χ0) is 22.7. The largest absolute Gasteiger partial charge is 0.423 e. The first kappa shape index (κ1) is 20.7. The molecule has 0 aromatic heterocycles. The van der Waals surface area contributed by atoms with Crippen LogP contribution in [0.1, 0.15) is 27.0 Å². The first-order valence-electron chi connectivity index (χ1n) is 9.56. The van der Waals surface area contributed by atoms with E-state index in [1.54, 1.807) is 30.3 Å². The molecule has 0 N–H and O–H groups in total. The number of hydrogen-bond donors (Lipinski definition) is 0. The Morgan fingerprint density at radius 3 is 2.38 bits per heavy atom. The smallest absolute Gasteiger partial charge is 0.363 e. The van der Waals surface area contributed by atoms with Crippen LogP contribution in [0.5, 0.6) is 5.75 Å². The Hall–Kier alpha value is -4.59. The number of aryl methyl sites for hydroxylation is 1. The number of esters is 2. The number of nitrogens with zero attached hydrogens (tertiary/aromatic N) is 2. The maximum atomic E-state index is 12.2. The highest BCUT2D eigenvalue weighted by Gasteiger charge is 2.25. The van der Waals surface area contributed by atoms with Crippen LogP contribution in [0.2, 0.25) is 0 Å². The molecule has 32 heavy (non-hydrogen) atoms. The maximum Gasteiger partial charge on any atom is 0.363 e. The van der Waals surface area contributed by atoms with Gasteiger partial charge in [0.05, 0.1) is 10.5 Å². The summed E-state index contributed by atoms with van der Waals surface area (Å²) in [5.41, 5.74) is 2.60. The van der Waals surface area contributed by atoms with E-state index in [0.717, 1.165) is 11.1 Å². The van der Waals surface area contributed by atoms with Crippen molar-refractivity contribution in [3.05, 3.63) is 111 Å². The van der Waals surface area contributed by atoms with Gasteiger partial charge in [-0.3, -0.25) is 10.1 Å². The molecule has 0 bridgehead atoms. The third kappa shape index (κ3) is 4.44. The predicted octanol–water partition coefficient (Wildman–Crippen LogP) is 4.47. The maximum absolute atomic E-state index is 12.2. The predicted molar refractivity (Wildman–Crippen MR) is 116 cm³/mol. The monoisotopic (exact) mass is 428 g/mol. The molecule has 0 saturated heterocycles. The van der Waals surface area contributed by atoms with Crippen molar-refractivity contribution in [2.75, 3.05) is 0 Å². The molecule has 158 valence electrons. The van der Waals surface area contributed by atoms with Gasteiger partial charge in [-0.15, -0.1) is 0 Å². The van der Waals surface area contributed by atoms with Gasteiger partial charge in [-0.05, 0) is 54.5 Å². The van der Waals surface area contributed by atoms with Gasteiger partial charge in [-0.1, -0.05) is 30.3 Å². The molecule has 0 atom stereocenters. The summed E-state index contributed by atoms with van der Waals surface area (Å²) in [5, 5.41) is 10.7. The minimum absolute atomic E-state index is 0.113. The van der Waals surface area contributed by atoms with E-state index in [9.17, 15) is 19.7 Å². The lowest BCUT2D eigenvalue weighted by Gasteiger charge is -2.04. The average Bonchev–Trinajstić information content (AvgIpc) is 3.15. The van der Waals surface area contributed by atoms with Crippen LogP contribution in [-0.2, 0) is 9.53 Å². The fraction of sp³-hybridized carbons (Fsp3) is 0.0417. The molecule has 1 aliphatic heterocycles. The lowest BCUT2D eigenvalue weighted by atomic mass is 10.1. The molecule has 0 saturated carbocycles. The second-order valence-corrected chi connectivity index (χ2v) is 6.91. The molecule has 4 rings (SSSR count). The van der Waals surface area contributed by atoms with E-state index in [1.165, 1.54) is 24.3 Å². The number of ether oxygens (including phenoxy) is 2. The minimum Gasteiger partial charge on any atom is -0.423 e. The number of cyclic esters (lactones) is 1. The van der Waals surface area contributed by atoms with Gasteiger partial charge in [-0.25, -0.2) is 14.6 Å². The number of benzene rings is 3. The van der Waals surface area contributed by atoms with Crippen molar-refractivity contribution in [2.24, 2.45) is 4.99 Å². The number of nitro groups is 1. The Kier molecular flexibility index (Phi) is 5.59. The molecule has 0 amide bonds. The summed E-state index contributed by atoms with van der Waals surface area (Å²) >= 11 is 0. The highest BCUT2D eigenvalue weighted by atomic mass is 16.6. The molecule has 0 aliphatic carbocycles. The topological polar surface area (TPSA) is 108 Å². The van der Waals surface area contributed by atoms with Crippen molar-refractivity contribution in [1.29, 1.82) is 0 Å². The van der Waals surface area contributed by atoms with Gasteiger partial charge in [0, 0.05) is 17.7 Å². The molecule has 0 spiro atoms. The molecule has 8 heteroatoms. The summed E-state index contributed by atoms with van der Waals surface area (Å²) in [6, 6.07) is 19.1. The Balaban J connectivity index is 1.47. The fourth-order valence-corrected chi connectivity index (χ4v) is 3.01. The molecule has 0 radical (unpaired) electrons. The van der Waals surface area contributed by atoms with E-state index >= 15 is 0 Å². The number of nitro benzene ring substituents is 1. The van der Waals surface area contributed by atoms with Gasteiger partial charge in [-0.2, -0.15) is 0 Å². The molecular weight excluding hydrogens is 412 g/mol. The van der Waals surface area contributed by atoms with Gasteiger partial charge in [0.1, 0.15) is 5.75 Å². The van der Waals surface area contributed by atoms with Crippen molar-refractivity contribution >= 4 is 29.6 Å². The molecule has 8 nitrogen and oxygen atoms in total. The molecule has 0 fully saturated rings. The Morgan fingerprint density at radius 1 is 1.03 bits per heavy atom. The van der Waals surface area contributed by atoms with Crippen LogP contribution in [-0.4, -0.2) is 22.8 Å². The zero-order valence-electron chi connectivity index (χ0n) is 16.8. The number of non-ortho nitro benzene ring substituents is 1. The number of carbonyl (C=O) groups excluding carboxylic acids is 2. The highest BCUT2D eigenvalue weighted by Crippen LogP contribution is 2.22. The first-order chi connectivity index (χ1) is 15.4. The van der Waals surface area contributed by atoms with Crippen molar-refractivity contribution in [3.63, 3.8) is 0 Å². The van der Waals surface area contributed by atoms with E-state index in [0.29, 0.717) is 5.56 Å². The van der Waals surface area contributed by atoms with Gasteiger partial charge >= 0.3 is 11.9 Å². The van der Waals surface area contributed by atoms with E-state index in [2.05, 4.69) is 4.99 Å². The van der Waals surface area contributed by atoms with Crippen molar-refractivity contribution < 1.29 is 24.0 Å². The quantitative estimate of drug-likeness (QED) is 0.195. The van der Waals surface area contributed by atoms with Crippen LogP contribution in [0.3, 0.4) is 0 Å². The summed E-state index contributed by atoms with van der Waals surface area (Å²) in [6.07, 6.45) is 1.58. The summed E-state index contributed by atoms with van der Waals surface area (Å²) in [6.45, 7) is 1.91. The third-order valence-corrected chi connectivity index (χ3v) is 4.70. The lowest BCUT2D eigenvalue weighted by molar-refractivity contribution is -0.384. The lowest BCUT2D eigenvalue weighted by Crippen LogP contribution is -2.08. The number of aliphatic imine (C=N–C) groups is 1. The average molecular weight is 428 g/mol. The molecule has 3 aromatic carbocycles. The fourth-order valence-electron chi connectivity index (χ4n) is 3.01. The highest BCUT2D eigenvalue weighted by molar-refractivity contribution is 6.13. The SMILES string of the molecule is Cc1ccccc1C1=N/C(=C/c2ccc(OC(=O)c3ccc([N+](=O)[O-])cc3)cc2)C(=O)O1. The van der Waals surface area contributed by atoms with Crippen LogP contribution >= 0.6 is 0 Å². The van der Waals surface area contributed by atoms with Crippen LogP contribution in [0.15, 0.2) is 83.5 Å². The van der Waals surface area contributed by atoms with E-state index in [1.807, 2.05) is 31.2 Å². The van der Waals surface area contributed by atoms with Crippen molar-refractivity contribution in [2.45, 2.75) is 6.92 Å². The van der Waals surface area contributed by atoms with Gasteiger partial charge in [0.2, 0.25) is 5.90 Å². The minimum atomic E-state index is -0.641. The van der Waals surface area contributed by atoms with Crippen LogP contribution in [0.25, 0.3) is 6.08 Å². The van der Waals surface area contributed by atoms with Crippen molar-refractivity contribution in [3.8, 4) is 5.75 Å². The second kappa shape index (κ2) is 8.65. The second-order valence-electron chi connectivity index (χ2n) is 6.91. The Labute approximate surface area is 182 Å². The Morgan fingerprint density at radius 2 is 1.72 bits per heavy atom. The van der Waals surface area contributed by atoms with Gasteiger partial charge in [0.25, 0.3) is 5.69 Å². The van der Waals surface area contributed by atoms with E-state index < -0.39 is 16.9 Å². The van der Waals surface area contributed by atoms with E-state index in [-0.39, 0.29) is 28.6 Å². The van der Waals surface area contributed by atoms with Crippen LogP contribution in [0.4, 0.5) is 5.69 Å². The Bertz CT molecular complexity index is 1270. The summed E-state index contributed by atoms with van der Waals surface area (Å²) in [5.74, 6) is -0.642. The van der Waals surface area contributed by atoms with Crippen LogP contribution in [0, 0.1) is 17.0 Å². The zero-order valence-corrected chi connectivity index (χ0v) is 16.8. The van der Waals surface area contributed by atoms with Crippen LogP contribution < -0.4 is 4.74 Å². The van der Waals surface area contributed by atoms with E-state index in [4.69, 9.17) is 9.47 Å². The first-order valence-corrected chi connectivity index (χ1v) is 9.56. The summed E-state index contributed by atoms with van der Waals surface area (Å²) < 4.78 is 10.6. The van der Waals surface area contributed by atoms with Gasteiger partial charge in [0.15, 0.2) is 5.70 Å². The number of carbonyl (C=O) groups is 2. The molecule has 1 aliphatic rings. The van der Waals surface area contributed by atoms with Gasteiger partial charge < -0.3 is 9.47 Å². The normalized spacial score (nSPS) is 14.1. The van der Waals surface area contributed by atoms with Crippen molar-refractivity contribution in [1.82, 2.24) is 0 Å². The summed E-state index contributed by atoms with van der Waals surface area (Å²) in [4.78, 5) is 38.9. The molecule has 3 aromatic rings. The summed E-state index contributed by atoms with van der Waals surface area (Å²) in [7, 11) is 0. The third-order valence-electron chi connectivity index (χ3n) is 4.70. The molecule has 0 unspecified atom stereocenters. The number of hydrogen-bond acceptors (Lipinski definition) is 7. The standard InChI is InChI=1S/C24H16N2O6/c1-15-4-2-3-5-20(15)22-25-21(24(28)32-22)14-16-6-12-19(13-7-16)31-23(27)17-8-10-18(11-9-17)26(29)30/h2-14H,1H3/b21-14+. The number of rotatable bonds is 5. The molecule has 1 heterocycles.